The maximum absolute atomic E-state index is 13.8. The topological polar surface area (TPSA) is 12.0 Å². The molecule has 1 aromatic carbocycles. The predicted octanol–water partition coefficient (Wildman–Crippen LogP) is 3.45. The van der Waals surface area contributed by atoms with Crippen LogP contribution in [0.5, 0.6) is 0 Å². The van der Waals surface area contributed by atoms with Gasteiger partial charge < -0.3 is 5.32 Å². The number of hydrogen-bond donors (Lipinski definition) is 1. The van der Waals surface area contributed by atoms with Crippen LogP contribution >= 0.6 is 0 Å². The van der Waals surface area contributed by atoms with Crippen molar-refractivity contribution in [2.45, 2.75) is 26.2 Å². The lowest BCUT2D eigenvalue weighted by atomic mass is 9.75. The van der Waals surface area contributed by atoms with E-state index in [1.165, 1.54) is 0 Å². The van der Waals surface area contributed by atoms with Gasteiger partial charge >= 0.3 is 0 Å². The molecule has 1 saturated heterocycles. The molecular formula is C14H18F3N. The molecule has 100 valence electrons. The van der Waals surface area contributed by atoms with Crippen LogP contribution in [0.4, 0.5) is 13.2 Å². The number of halogens is 3. The van der Waals surface area contributed by atoms with E-state index in [4.69, 9.17) is 0 Å². The van der Waals surface area contributed by atoms with Crippen molar-refractivity contribution in [3.63, 3.8) is 0 Å². The molecule has 1 aliphatic rings. The van der Waals surface area contributed by atoms with Gasteiger partial charge in [-0.2, -0.15) is 0 Å². The van der Waals surface area contributed by atoms with Gasteiger partial charge in [0.1, 0.15) is 5.82 Å². The highest BCUT2D eigenvalue weighted by atomic mass is 19.2. The highest BCUT2D eigenvalue weighted by Gasteiger charge is 2.31. The molecule has 0 aliphatic carbocycles. The molecule has 0 radical (unpaired) electrons. The lowest BCUT2D eigenvalue weighted by Crippen LogP contribution is -2.38. The summed E-state index contributed by atoms with van der Waals surface area (Å²) in [4.78, 5) is 0. The average Bonchev–Trinajstić information content (AvgIpc) is 2.34. The summed E-state index contributed by atoms with van der Waals surface area (Å²) in [5.41, 5.74) is 0.314. The Labute approximate surface area is 105 Å². The van der Waals surface area contributed by atoms with Crippen molar-refractivity contribution in [3.8, 4) is 0 Å². The molecule has 0 saturated carbocycles. The van der Waals surface area contributed by atoms with Crippen LogP contribution in [-0.2, 0) is 0 Å². The minimum atomic E-state index is -1.12. The van der Waals surface area contributed by atoms with Crippen molar-refractivity contribution in [1.82, 2.24) is 5.32 Å². The SMILES string of the molecule is CC(C)C1CNCCC1c1cc(F)c(F)cc1F. The second kappa shape index (κ2) is 5.31. The number of rotatable bonds is 2. The van der Waals surface area contributed by atoms with Crippen LogP contribution in [0.1, 0.15) is 31.7 Å². The number of nitrogens with one attached hydrogen (secondary N) is 1. The normalized spacial score (nSPS) is 24.6. The number of hydrogen-bond acceptors (Lipinski definition) is 1. The molecule has 0 amide bonds. The van der Waals surface area contributed by atoms with Gasteiger partial charge in [-0.15, -0.1) is 0 Å². The first-order valence-electron chi connectivity index (χ1n) is 6.36. The molecule has 4 heteroatoms. The van der Waals surface area contributed by atoms with Crippen molar-refractivity contribution < 1.29 is 13.2 Å². The van der Waals surface area contributed by atoms with Crippen LogP contribution in [-0.4, -0.2) is 13.1 Å². The molecule has 2 rings (SSSR count). The van der Waals surface area contributed by atoms with Gasteiger partial charge in [0.05, 0.1) is 0 Å². The summed E-state index contributed by atoms with van der Waals surface area (Å²) >= 11 is 0. The first-order valence-corrected chi connectivity index (χ1v) is 6.36. The average molecular weight is 257 g/mol. The Morgan fingerprint density at radius 3 is 2.44 bits per heavy atom. The zero-order valence-electron chi connectivity index (χ0n) is 10.6. The fourth-order valence-corrected chi connectivity index (χ4v) is 2.79. The number of piperidine rings is 1. The fourth-order valence-electron chi connectivity index (χ4n) is 2.79. The molecule has 1 nitrogen and oxygen atoms in total. The van der Waals surface area contributed by atoms with Crippen molar-refractivity contribution in [1.29, 1.82) is 0 Å². The van der Waals surface area contributed by atoms with Crippen LogP contribution < -0.4 is 5.32 Å². The zero-order valence-corrected chi connectivity index (χ0v) is 10.6. The predicted molar refractivity (Wildman–Crippen MR) is 64.9 cm³/mol. The van der Waals surface area contributed by atoms with Gasteiger partial charge in [0, 0.05) is 6.07 Å². The van der Waals surface area contributed by atoms with E-state index in [1.807, 2.05) is 0 Å². The lowest BCUT2D eigenvalue weighted by molar-refractivity contribution is 0.250. The summed E-state index contributed by atoms with van der Waals surface area (Å²) in [6.07, 6.45) is 0.755. The Bertz CT molecular complexity index is 431. The molecule has 1 aliphatic heterocycles. The smallest absolute Gasteiger partial charge is 0.161 e. The summed E-state index contributed by atoms with van der Waals surface area (Å²) < 4.78 is 40.1. The van der Waals surface area contributed by atoms with E-state index < -0.39 is 17.5 Å². The first kappa shape index (κ1) is 13.4. The van der Waals surface area contributed by atoms with Gasteiger partial charge in [0.15, 0.2) is 11.6 Å². The van der Waals surface area contributed by atoms with E-state index in [0.29, 0.717) is 17.5 Å². The molecule has 18 heavy (non-hydrogen) atoms. The minimum Gasteiger partial charge on any atom is -0.316 e. The third-order valence-electron chi connectivity index (χ3n) is 3.82. The highest BCUT2D eigenvalue weighted by Crippen LogP contribution is 2.36. The van der Waals surface area contributed by atoms with Gasteiger partial charge in [0.2, 0.25) is 0 Å². The van der Waals surface area contributed by atoms with Gasteiger partial charge in [-0.05, 0) is 48.9 Å². The largest absolute Gasteiger partial charge is 0.316 e. The zero-order chi connectivity index (χ0) is 13.3. The lowest BCUT2D eigenvalue weighted by Gasteiger charge is -2.35. The molecular weight excluding hydrogens is 239 g/mol. The van der Waals surface area contributed by atoms with E-state index in [2.05, 4.69) is 19.2 Å². The molecule has 1 aromatic rings. The molecule has 1 fully saturated rings. The summed E-state index contributed by atoms with van der Waals surface area (Å²) in [6, 6.07) is 1.68. The van der Waals surface area contributed by atoms with Crippen molar-refractivity contribution >= 4 is 0 Å². The van der Waals surface area contributed by atoms with Crippen LogP contribution in [0.3, 0.4) is 0 Å². The second-order valence-electron chi connectivity index (χ2n) is 5.29. The third-order valence-corrected chi connectivity index (χ3v) is 3.82. The maximum atomic E-state index is 13.8. The molecule has 0 aromatic heterocycles. The monoisotopic (exact) mass is 257 g/mol. The highest BCUT2D eigenvalue weighted by molar-refractivity contribution is 5.25. The molecule has 0 spiro atoms. The standard InChI is InChI=1S/C14H18F3N/c1-8(2)11-7-18-4-3-9(11)10-5-13(16)14(17)6-12(10)15/h5-6,8-9,11,18H,3-4,7H2,1-2H3. The minimum absolute atomic E-state index is 0.0404. The second-order valence-corrected chi connectivity index (χ2v) is 5.29. The van der Waals surface area contributed by atoms with Crippen LogP contribution in [0.25, 0.3) is 0 Å². The van der Waals surface area contributed by atoms with Crippen molar-refractivity contribution in [2.75, 3.05) is 13.1 Å². The quantitative estimate of drug-likeness (QED) is 0.800. The van der Waals surface area contributed by atoms with Crippen LogP contribution in [0, 0.1) is 29.3 Å². The van der Waals surface area contributed by atoms with E-state index in [0.717, 1.165) is 25.6 Å². The van der Waals surface area contributed by atoms with Gasteiger partial charge in [0.25, 0.3) is 0 Å². The van der Waals surface area contributed by atoms with E-state index in [1.54, 1.807) is 0 Å². The molecule has 2 unspecified atom stereocenters. The van der Waals surface area contributed by atoms with Gasteiger partial charge in [-0.3, -0.25) is 0 Å². The Hall–Kier alpha value is -1.03. The number of benzene rings is 1. The molecule has 0 bridgehead atoms. The molecule has 2 atom stereocenters. The van der Waals surface area contributed by atoms with Crippen LogP contribution in [0.2, 0.25) is 0 Å². The Kier molecular flexibility index (Phi) is 3.95. The van der Waals surface area contributed by atoms with E-state index in [-0.39, 0.29) is 11.8 Å². The third kappa shape index (κ3) is 2.53. The molecule has 1 N–H and O–H groups in total. The van der Waals surface area contributed by atoms with Gasteiger partial charge in [-0.25, -0.2) is 13.2 Å². The Balaban J connectivity index is 2.36. The first-order chi connectivity index (χ1) is 8.50. The fraction of sp³-hybridized carbons (Fsp3) is 0.571. The summed E-state index contributed by atoms with van der Waals surface area (Å²) in [6.45, 7) is 5.72. The summed E-state index contributed by atoms with van der Waals surface area (Å²) in [7, 11) is 0. The van der Waals surface area contributed by atoms with E-state index in [9.17, 15) is 13.2 Å². The summed E-state index contributed by atoms with van der Waals surface area (Å²) in [5.74, 6) is -2.14. The van der Waals surface area contributed by atoms with Crippen molar-refractivity contribution in [3.05, 3.63) is 35.1 Å². The maximum Gasteiger partial charge on any atom is 0.161 e. The Morgan fingerprint density at radius 2 is 1.78 bits per heavy atom. The van der Waals surface area contributed by atoms with Crippen molar-refractivity contribution in [2.24, 2.45) is 11.8 Å². The van der Waals surface area contributed by atoms with Gasteiger partial charge in [-0.1, -0.05) is 13.8 Å². The Morgan fingerprint density at radius 1 is 1.11 bits per heavy atom. The summed E-state index contributed by atoms with van der Waals surface area (Å²) in [5, 5.41) is 3.27. The van der Waals surface area contributed by atoms with Crippen LogP contribution in [0.15, 0.2) is 12.1 Å². The molecule has 1 heterocycles. The van der Waals surface area contributed by atoms with E-state index >= 15 is 0 Å².